The number of carbonyl (C=O) groups excluding carboxylic acids is 1. The van der Waals surface area contributed by atoms with E-state index >= 15 is 0 Å². The first-order chi connectivity index (χ1) is 8.29. The molecule has 1 amide bonds. The zero-order valence-electron chi connectivity index (χ0n) is 9.44. The molecular weight excluding hydrogens is 220 g/mol. The number of hydrogen-bond acceptors (Lipinski definition) is 3. The second-order valence-electron chi connectivity index (χ2n) is 4.12. The van der Waals surface area contributed by atoms with Crippen LogP contribution in [0.25, 0.3) is 10.4 Å². The van der Waals surface area contributed by atoms with Crippen LogP contribution in [0.4, 0.5) is 0 Å². The molecule has 0 saturated carbocycles. The topological polar surface area (TPSA) is 86.9 Å². The molecule has 0 aliphatic carbocycles. The van der Waals surface area contributed by atoms with E-state index in [1.165, 1.54) is 0 Å². The minimum absolute atomic E-state index is 0.142. The minimum atomic E-state index is 0.142. The Balaban J connectivity index is 1.81. The maximum atomic E-state index is 11.7. The van der Waals surface area contributed by atoms with E-state index < -0.39 is 0 Å². The molecule has 0 aromatic carbocycles. The van der Waals surface area contributed by atoms with Crippen molar-refractivity contribution in [2.24, 2.45) is 11.0 Å². The fourth-order valence-electron chi connectivity index (χ4n) is 2.00. The van der Waals surface area contributed by atoms with Crippen molar-refractivity contribution >= 4 is 5.91 Å². The number of aromatic nitrogens is 2. The van der Waals surface area contributed by atoms with Gasteiger partial charge in [-0.25, -0.2) is 4.98 Å². The lowest BCUT2D eigenvalue weighted by Crippen LogP contribution is -2.29. The highest BCUT2D eigenvalue weighted by molar-refractivity contribution is 5.78. The number of nitrogens with zero attached hydrogens (tertiary/aromatic N) is 6. The van der Waals surface area contributed by atoms with Gasteiger partial charge in [0.1, 0.15) is 0 Å². The summed E-state index contributed by atoms with van der Waals surface area (Å²) >= 11 is 0. The SMILES string of the molecule is [N-]=[N+]=NCC1CC(=O)N(CCn2ccnc2)C1. The molecule has 7 heteroatoms. The summed E-state index contributed by atoms with van der Waals surface area (Å²) in [6.45, 7) is 2.53. The van der Waals surface area contributed by atoms with Crippen LogP contribution < -0.4 is 0 Å². The molecule has 1 unspecified atom stereocenters. The molecule has 1 saturated heterocycles. The lowest BCUT2D eigenvalue weighted by molar-refractivity contribution is -0.127. The van der Waals surface area contributed by atoms with Gasteiger partial charge in [-0.3, -0.25) is 4.79 Å². The zero-order valence-corrected chi connectivity index (χ0v) is 9.44. The molecule has 0 bridgehead atoms. The third-order valence-electron chi connectivity index (χ3n) is 2.88. The Bertz CT molecular complexity index is 422. The summed E-state index contributed by atoms with van der Waals surface area (Å²) in [5.41, 5.74) is 8.24. The van der Waals surface area contributed by atoms with Crippen LogP contribution in [0.15, 0.2) is 23.8 Å². The summed E-state index contributed by atoms with van der Waals surface area (Å²) in [7, 11) is 0. The van der Waals surface area contributed by atoms with Gasteiger partial charge in [0.15, 0.2) is 0 Å². The van der Waals surface area contributed by atoms with Crippen molar-refractivity contribution in [1.29, 1.82) is 0 Å². The van der Waals surface area contributed by atoms with Crippen LogP contribution >= 0.6 is 0 Å². The maximum absolute atomic E-state index is 11.7. The van der Waals surface area contributed by atoms with E-state index in [1.807, 2.05) is 15.7 Å². The van der Waals surface area contributed by atoms with E-state index in [1.54, 1.807) is 12.5 Å². The molecule has 0 radical (unpaired) electrons. The smallest absolute Gasteiger partial charge is 0.222 e. The lowest BCUT2D eigenvalue weighted by Gasteiger charge is -2.16. The van der Waals surface area contributed by atoms with Gasteiger partial charge in [0.05, 0.1) is 6.33 Å². The van der Waals surface area contributed by atoms with Crippen LogP contribution in [0.2, 0.25) is 0 Å². The molecule has 1 aliphatic heterocycles. The second kappa shape index (κ2) is 5.36. The van der Waals surface area contributed by atoms with Gasteiger partial charge >= 0.3 is 0 Å². The molecule has 17 heavy (non-hydrogen) atoms. The highest BCUT2D eigenvalue weighted by atomic mass is 16.2. The first kappa shape index (κ1) is 11.5. The maximum Gasteiger partial charge on any atom is 0.222 e. The van der Waals surface area contributed by atoms with Gasteiger partial charge in [0, 0.05) is 49.9 Å². The first-order valence-electron chi connectivity index (χ1n) is 5.54. The first-order valence-corrected chi connectivity index (χ1v) is 5.54. The van der Waals surface area contributed by atoms with Gasteiger partial charge in [0.25, 0.3) is 0 Å². The number of amides is 1. The van der Waals surface area contributed by atoms with Crippen molar-refractivity contribution in [1.82, 2.24) is 14.5 Å². The van der Waals surface area contributed by atoms with Gasteiger partial charge in [-0.15, -0.1) is 0 Å². The molecule has 1 fully saturated rings. The summed E-state index contributed by atoms with van der Waals surface area (Å²) in [5, 5.41) is 3.52. The molecule has 1 aromatic rings. The van der Waals surface area contributed by atoms with Crippen LogP contribution in [-0.4, -0.2) is 40.0 Å². The fraction of sp³-hybridized carbons (Fsp3) is 0.600. The van der Waals surface area contributed by atoms with Crippen molar-refractivity contribution in [3.63, 3.8) is 0 Å². The summed E-state index contributed by atoms with van der Waals surface area (Å²) < 4.78 is 1.94. The average Bonchev–Trinajstić information content (AvgIpc) is 2.93. The Morgan fingerprint density at radius 3 is 3.18 bits per heavy atom. The largest absolute Gasteiger partial charge is 0.341 e. The van der Waals surface area contributed by atoms with E-state index in [9.17, 15) is 4.79 Å². The number of rotatable bonds is 5. The molecule has 1 aromatic heterocycles. The average molecular weight is 234 g/mol. The Hall–Kier alpha value is -2.01. The third-order valence-corrected chi connectivity index (χ3v) is 2.88. The van der Waals surface area contributed by atoms with E-state index in [2.05, 4.69) is 15.0 Å². The zero-order chi connectivity index (χ0) is 12.1. The number of carbonyl (C=O) groups is 1. The van der Waals surface area contributed by atoms with Gasteiger partial charge in [-0.05, 0) is 11.4 Å². The fourth-order valence-corrected chi connectivity index (χ4v) is 2.00. The van der Waals surface area contributed by atoms with Crippen LogP contribution in [0, 0.1) is 5.92 Å². The molecule has 0 N–H and O–H groups in total. The number of imidazole rings is 1. The minimum Gasteiger partial charge on any atom is -0.341 e. The van der Waals surface area contributed by atoms with Crippen molar-refractivity contribution in [2.75, 3.05) is 19.6 Å². The highest BCUT2D eigenvalue weighted by Crippen LogP contribution is 2.17. The van der Waals surface area contributed by atoms with Crippen LogP contribution in [0.5, 0.6) is 0 Å². The van der Waals surface area contributed by atoms with Crippen molar-refractivity contribution < 1.29 is 4.79 Å². The number of azide groups is 1. The second-order valence-corrected chi connectivity index (χ2v) is 4.12. The van der Waals surface area contributed by atoms with Crippen molar-refractivity contribution in [3.8, 4) is 0 Å². The quantitative estimate of drug-likeness (QED) is 0.433. The molecule has 1 atom stereocenters. The summed E-state index contributed by atoms with van der Waals surface area (Å²) in [6.07, 6.45) is 5.81. The predicted molar refractivity (Wildman–Crippen MR) is 60.9 cm³/mol. The standard InChI is InChI=1S/C10H14N6O/c11-14-13-6-9-5-10(17)16(7-9)4-3-15-2-1-12-8-15/h1-2,8-9H,3-7H2. The molecule has 2 heterocycles. The molecular formula is C10H14N6O. The molecule has 2 rings (SSSR count). The molecule has 7 nitrogen and oxygen atoms in total. The Kier molecular flexibility index (Phi) is 3.62. The number of hydrogen-bond donors (Lipinski definition) is 0. The Morgan fingerprint density at radius 2 is 2.47 bits per heavy atom. The van der Waals surface area contributed by atoms with E-state index in [4.69, 9.17) is 5.53 Å². The lowest BCUT2D eigenvalue weighted by atomic mass is 10.1. The molecule has 0 spiro atoms. The van der Waals surface area contributed by atoms with Crippen molar-refractivity contribution in [3.05, 3.63) is 29.2 Å². The Morgan fingerprint density at radius 1 is 1.59 bits per heavy atom. The van der Waals surface area contributed by atoms with Gasteiger partial charge in [-0.1, -0.05) is 5.11 Å². The third kappa shape index (κ3) is 2.98. The highest BCUT2D eigenvalue weighted by Gasteiger charge is 2.28. The Labute approximate surface area is 98.7 Å². The monoisotopic (exact) mass is 234 g/mol. The van der Waals surface area contributed by atoms with Gasteiger partial charge in [-0.2, -0.15) is 0 Å². The van der Waals surface area contributed by atoms with E-state index in [0.29, 0.717) is 26.1 Å². The molecule has 90 valence electrons. The van der Waals surface area contributed by atoms with Crippen molar-refractivity contribution in [2.45, 2.75) is 13.0 Å². The summed E-state index contributed by atoms with van der Waals surface area (Å²) in [5.74, 6) is 0.310. The van der Waals surface area contributed by atoms with E-state index in [-0.39, 0.29) is 11.8 Å². The van der Waals surface area contributed by atoms with Crippen LogP contribution in [0.1, 0.15) is 6.42 Å². The van der Waals surface area contributed by atoms with Gasteiger partial charge < -0.3 is 9.47 Å². The number of likely N-dealkylation sites (tertiary alicyclic amines) is 1. The van der Waals surface area contributed by atoms with Crippen LogP contribution in [0.3, 0.4) is 0 Å². The molecule has 1 aliphatic rings. The summed E-state index contributed by atoms with van der Waals surface area (Å²) in [6, 6.07) is 0. The van der Waals surface area contributed by atoms with Crippen LogP contribution in [-0.2, 0) is 11.3 Å². The summed E-state index contributed by atoms with van der Waals surface area (Å²) in [4.78, 5) is 20.2. The normalized spacial score (nSPS) is 19.4. The predicted octanol–water partition coefficient (Wildman–Crippen LogP) is 1.04. The van der Waals surface area contributed by atoms with E-state index in [0.717, 1.165) is 6.54 Å². The van der Waals surface area contributed by atoms with Gasteiger partial charge in [0.2, 0.25) is 5.91 Å².